The Balaban J connectivity index is 1.22. The molecule has 2 saturated heterocycles. The highest BCUT2D eigenvalue weighted by atomic mass is 16.4. The minimum atomic E-state index is -0.767. The third-order valence-electron chi connectivity index (χ3n) is 9.19. The second kappa shape index (κ2) is 14.0. The first-order valence-electron chi connectivity index (χ1n) is 15.3. The third-order valence-corrected chi connectivity index (χ3v) is 9.19. The van der Waals surface area contributed by atoms with E-state index < -0.39 is 12.0 Å². The largest absolute Gasteiger partial charge is 0.480 e. The van der Waals surface area contributed by atoms with Crippen LogP contribution in [0.1, 0.15) is 54.8 Å². The van der Waals surface area contributed by atoms with Crippen LogP contribution in [0, 0.1) is 5.92 Å². The van der Waals surface area contributed by atoms with E-state index >= 15 is 0 Å². The molecule has 3 atom stereocenters. The molecule has 3 aromatic carbocycles. The van der Waals surface area contributed by atoms with Gasteiger partial charge in [0, 0.05) is 56.9 Å². The number of carbonyl (C=O) groups is 1. The predicted octanol–water partition coefficient (Wildman–Crippen LogP) is 6.46. The molecule has 5 rings (SSSR count). The summed E-state index contributed by atoms with van der Waals surface area (Å²) < 4.78 is 0. The standard InChI is InChI=1S/C36H45N3O2/c1-3-39(28(2)19-20-29-13-7-4-8-14-29)33-21-23-37(24-22-33)25-32-26-38(27-34(32)30-15-9-5-10-16-30)35(36(40)41)31-17-11-6-12-18-31/h4-18,32-35H,2-3,19-27H2,1H3,(H,40,41)/t32-,34+,35?/m0/s1. The highest BCUT2D eigenvalue weighted by Crippen LogP contribution is 2.38. The maximum atomic E-state index is 12.5. The van der Waals surface area contributed by atoms with E-state index in [2.05, 4.69) is 88.9 Å². The smallest absolute Gasteiger partial charge is 0.325 e. The summed E-state index contributed by atoms with van der Waals surface area (Å²) in [6.07, 6.45) is 4.33. The maximum absolute atomic E-state index is 12.5. The summed E-state index contributed by atoms with van der Waals surface area (Å²) in [5, 5.41) is 10.2. The molecule has 0 spiro atoms. The van der Waals surface area contributed by atoms with E-state index in [-0.39, 0.29) is 0 Å². The van der Waals surface area contributed by atoms with E-state index in [9.17, 15) is 9.90 Å². The molecule has 2 fully saturated rings. The van der Waals surface area contributed by atoms with Crippen LogP contribution in [0.3, 0.4) is 0 Å². The van der Waals surface area contributed by atoms with Crippen molar-refractivity contribution in [2.75, 3.05) is 39.3 Å². The van der Waals surface area contributed by atoms with Crippen molar-refractivity contribution in [3.05, 3.63) is 120 Å². The van der Waals surface area contributed by atoms with Crippen LogP contribution in [0.2, 0.25) is 0 Å². The van der Waals surface area contributed by atoms with Crippen LogP contribution < -0.4 is 0 Å². The molecule has 0 bridgehead atoms. The number of piperidine rings is 1. The number of likely N-dealkylation sites (tertiary alicyclic amines) is 2. The molecule has 1 unspecified atom stereocenters. The molecule has 0 aliphatic carbocycles. The number of aryl methyl sites for hydroxylation is 1. The number of aliphatic carboxylic acids is 1. The zero-order chi connectivity index (χ0) is 28.6. The van der Waals surface area contributed by atoms with E-state index in [1.54, 1.807) is 0 Å². The first-order chi connectivity index (χ1) is 20.0. The summed E-state index contributed by atoms with van der Waals surface area (Å²) in [7, 11) is 0. The van der Waals surface area contributed by atoms with E-state index in [1.165, 1.54) is 16.8 Å². The van der Waals surface area contributed by atoms with E-state index in [0.717, 1.165) is 70.5 Å². The number of hydrogen-bond acceptors (Lipinski definition) is 4. The van der Waals surface area contributed by atoms with Gasteiger partial charge in [-0.05, 0) is 55.2 Å². The van der Waals surface area contributed by atoms with Crippen molar-refractivity contribution in [3.8, 4) is 0 Å². The van der Waals surface area contributed by atoms with Crippen molar-refractivity contribution in [1.82, 2.24) is 14.7 Å². The zero-order valence-electron chi connectivity index (χ0n) is 24.4. The Hall–Kier alpha value is -3.41. The molecule has 1 N–H and O–H groups in total. The summed E-state index contributed by atoms with van der Waals surface area (Å²) >= 11 is 0. The Labute approximate surface area is 246 Å². The number of rotatable bonds is 12. The Morgan fingerprint density at radius 1 is 0.927 bits per heavy atom. The van der Waals surface area contributed by atoms with Crippen LogP contribution in [0.5, 0.6) is 0 Å². The minimum absolute atomic E-state index is 0.324. The van der Waals surface area contributed by atoms with E-state index in [0.29, 0.717) is 17.9 Å². The monoisotopic (exact) mass is 551 g/mol. The van der Waals surface area contributed by atoms with Gasteiger partial charge in [-0.25, -0.2) is 0 Å². The fraction of sp³-hybridized carbons (Fsp3) is 0.417. The Morgan fingerprint density at radius 2 is 1.54 bits per heavy atom. The molecule has 5 heteroatoms. The lowest BCUT2D eigenvalue weighted by Gasteiger charge is -2.41. The molecule has 2 aliphatic rings. The Kier molecular flexibility index (Phi) is 9.92. The van der Waals surface area contributed by atoms with Gasteiger partial charge in [-0.3, -0.25) is 9.69 Å². The van der Waals surface area contributed by atoms with Crippen LogP contribution in [-0.4, -0.2) is 71.1 Å². The van der Waals surface area contributed by atoms with Gasteiger partial charge in [0.15, 0.2) is 0 Å². The molecule has 0 saturated carbocycles. The van der Waals surface area contributed by atoms with Crippen LogP contribution in [0.4, 0.5) is 0 Å². The maximum Gasteiger partial charge on any atom is 0.325 e. The second-order valence-corrected chi connectivity index (χ2v) is 11.8. The summed E-state index contributed by atoms with van der Waals surface area (Å²) in [5.74, 6) is -0.0522. The number of benzene rings is 3. The van der Waals surface area contributed by atoms with Crippen molar-refractivity contribution < 1.29 is 9.90 Å². The van der Waals surface area contributed by atoms with E-state index in [1.807, 2.05) is 30.3 Å². The second-order valence-electron chi connectivity index (χ2n) is 11.8. The summed E-state index contributed by atoms with van der Waals surface area (Å²) in [6, 6.07) is 31.1. The topological polar surface area (TPSA) is 47.0 Å². The van der Waals surface area contributed by atoms with Gasteiger partial charge in [0.25, 0.3) is 0 Å². The molecular weight excluding hydrogens is 506 g/mol. The fourth-order valence-electron chi connectivity index (χ4n) is 7.09. The minimum Gasteiger partial charge on any atom is -0.480 e. The average molecular weight is 552 g/mol. The number of nitrogens with zero attached hydrogens (tertiary/aromatic N) is 3. The molecular formula is C36H45N3O2. The van der Waals surface area contributed by atoms with Gasteiger partial charge in [-0.15, -0.1) is 0 Å². The molecule has 216 valence electrons. The normalized spacial score (nSPS) is 21.0. The lowest BCUT2D eigenvalue weighted by atomic mass is 9.88. The van der Waals surface area contributed by atoms with Gasteiger partial charge in [0.2, 0.25) is 0 Å². The molecule has 0 radical (unpaired) electrons. The lowest BCUT2D eigenvalue weighted by molar-refractivity contribution is -0.143. The molecule has 2 heterocycles. The van der Waals surface area contributed by atoms with Crippen LogP contribution >= 0.6 is 0 Å². The molecule has 5 nitrogen and oxygen atoms in total. The number of carboxylic acids is 1. The fourth-order valence-corrected chi connectivity index (χ4v) is 7.09. The number of allylic oxidation sites excluding steroid dienone is 1. The molecule has 2 aliphatic heterocycles. The van der Waals surface area contributed by atoms with Crippen molar-refractivity contribution in [2.45, 2.75) is 50.6 Å². The highest BCUT2D eigenvalue weighted by molar-refractivity contribution is 5.75. The van der Waals surface area contributed by atoms with Crippen molar-refractivity contribution in [2.24, 2.45) is 5.92 Å². The summed E-state index contributed by atoms with van der Waals surface area (Å²) in [5.41, 5.74) is 4.81. The van der Waals surface area contributed by atoms with Crippen LogP contribution in [0.15, 0.2) is 103 Å². The molecule has 0 amide bonds. The summed E-state index contributed by atoms with van der Waals surface area (Å²) in [6.45, 7) is 12.5. The average Bonchev–Trinajstić information content (AvgIpc) is 3.41. The summed E-state index contributed by atoms with van der Waals surface area (Å²) in [4.78, 5) is 19.8. The number of hydrogen-bond donors (Lipinski definition) is 1. The van der Waals surface area contributed by atoms with Gasteiger partial charge in [0.05, 0.1) is 0 Å². The van der Waals surface area contributed by atoms with E-state index in [4.69, 9.17) is 0 Å². The van der Waals surface area contributed by atoms with Gasteiger partial charge in [-0.1, -0.05) is 97.6 Å². The Morgan fingerprint density at radius 3 is 2.15 bits per heavy atom. The van der Waals surface area contributed by atoms with Crippen molar-refractivity contribution >= 4 is 5.97 Å². The highest BCUT2D eigenvalue weighted by Gasteiger charge is 2.41. The quantitative estimate of drug-likeness (QED) is 0.280. The van der Waals surface area contributed by atoms with Gasteiger partial charge in [-0.2, -0.15) is 0 Å². The molecule has 3 aromatic rings. The van der Waals surface area contributed by atoms with Crippen LogP contribution in [0.25, 0.3) is 0 Å². The molecule has 0 aromatic heterocycles. The molecule has 41 heavy (non-hydrogen) atoms. The third kappa shape index (κ3) is 7.27. The van der Waals surface area contributed by atoms with Gasteiger partial charge < -0.3 is 14.9 Å². The first-order valence-corrected chi connectivity index (χ1v) is 15.3. The first kappa shape index (κ1) is 29.1. The van der Waals surface area contributed by atoms with Crippen molar-refractivity contribution in [3.63, 3.8) is 0 Å². The SMILES string of the molecule is C=C(CCc1ccccc1)N(CC)C1CCN(C[C@H]2CN(C(C(=O)O)c3ccccc3)C[C@@H]2c2ccccc2)CC1. The Bertz CT molecular complexity index is 1240. The van der Waals surface area contributed by atoms with Crippen LogP contribution in [-0.2, 0) is 11.2 Å². The lowest BCUT2D eigenvalue weighted by Crippen LogP contribution is -2.46. The van der Waals surface area contributed by atoms with Gasteiger partial charge >= 0.3 is 5.97 Å². The number of carboxylic acid groups (broad SMARTS) is 1. The van der Waals surface area contributed by atoms with Crippen molar-refractivity contribution in [1.29, 1.82) is 0 Å². The predicted molar refractivity (Wildman–Crippen MR) is 167 cm³/mol. The van der Waals surface area contributed by atoms with Gasteiger partial charge in [0.1, 0.15) is 6.04 Å². The zero-order valence-corrected chi connectivity index (χ0v) is 24.4.